The highest BCUT2D eigenvalue weighted by molar-refractivity contribution is 5.81. The maximum Gasteiger partial charge on any atom is 0.273 e. The molecule has 0 aliphatic rings. The van der Waals surface area contributed by atoms with Gasteiger partial charge in [0.2, 0.25) is 5.91 Å². The fourth-order valence-corrected chi connectivity index (χ4v) is 2.94. The number of nitrogens with one attached hydrogen (secondary N) is 3. The van der Waals surface area contributed by atoms with Crippen LogP contribution in [0.3, 0.4) is 0 Å². The highest BCUT2D eigenvalue weighted by Crippen LogP contribution is 2.20. The molecule has 0 unspecified atom stereocenters. The molecule has 2 aromatic heterocycles. The van der Waals surface area contributed by atoms with Gasteiger partial charge in [0.05, 0.1) is 5.39 Å². The molecule has 0 spiro atoms. The molecule has 7 nitrogen and oxygen atoms in total. The summed E-state index contributed by atoms with van der Waals surface area (Å²) in [6.07, 6.45) is 2.07. The van der Waals surface area contributed by atoms with Gasteiger partial charge in [-0.05, 0) is 44.4 Å². The van der Waals surface area contributed by atoms with Crippen LogP contribution in [0, 0.1) is 13.8 Å². The molecule has 0 radical (unpaired) electrons. The van der Waals surface area contributed by atoms with Crippen molar-refractivity contribution in [2.45, 2.75) is 40.0 Å². The second-order valence-corrected chi connectivity index (χ2v) is 6.10. The van der Waals surface area contributed by atoms with Crippen LogP contribution in [-0.4, -0.2) is 40.3 Å². The molecule has 1 amide bonds. The van der Waals surface area contributed by atoms with E-state index in [2.05, 4.69) is 27.6 Å². The number of fused-ring (bicyclic) bond motifs is 1. The van der Waals surface area contributed by atoms with Gasteiger partial charge in [-0.3, -0.25) is 19.4 Å². The monoisotopic (exact) mass is 333 g/mol. The molecule has 0 bridgehead atoms. The Hall–Kier alpha value is -2.15. The van der Waals surface area contributed by atoms with Crippen molar-refractivity contribution in [3.63, 3.8) is 0 Å². The van der Waals surface area contributed by atoms with Crippen LogP contribution in [0.25, 0.3) is 11.0 Å². The summed E-state index contributed by atoms with van der Waals surface area (Å²) in [6, 6.07) is 0. The number of aryl methyl sites for hydroxylation is 3. The molecular formula is C17H27N5O2. The number of aromatic nitrogens is 3. The fraction of sp³-hybridized carbons (Fsp3) is 0.588. The molecule has 2 heterocycles. The average molecular weight is 333 g/mol. The van der Waals surface area contributed by atoms with Crippen molar-refractivity contribution < 1.29 is 4.79 Å². The van der Waals surface area contributed by atoms with Gasteiger partial charge < -0.3 is 10.6 Å². The Morgan fingerprint density at radius 3 is 2.71 bits per heavy atom. The minimum Gasteiger partial charge on any atom is -0.355 e. The van der Waals surface area contributed by atoms with E-state index in [-0.39, 0.29) is 11.5 Å². The first-order valence-electron chi connectivity index (χ1n) is 8.47. The SMILES string of the molecule is CCCNCCNC(=O)CCc1c(C)nc2c(c1C)c(=O)[nH]n2C. The lowest BCUT2D eigenvalue weighted by atomic mass is 10.0. The average Bonchev–Trinajstić information content (AvgIpc) is 2.81. The minimum absolute atomic E-state index is 0.0224. The number of H-pyrrole nitrogens is 1. The van der Waals surface area contributed by atoms with Crippen LogP contribution in [-0.2, 0) is 18.3 Å². The Labute approximate surface area is 141 Å². The largest absolute Gasteiger partial charge is 0.355 e. The van der Waals surface area contributed by atoms with Crippen molar-refractivity contribution in [1.82, 2.24) is 25.4 Å². The molecule has 2 aromatic rings. The summed E-state index contributed by atoms with van der Waals surface area (Å²) in [5.74, 6) is 0.0224. The second-order valence-electron chi connectivity index (χ2n) is 6.10. The van der Waals surface area contributed by atoms with E-state index < -0.39 is 0 Å². The first-order valence-corrected chi connectivity index (χ1v) is 8.47. The predicted octanol–water partition coefficient (Wildman–Crippen LogP) is 0.927. The van der Waals surface area contributed by atoms with E-state index in [1.165, 1.54) is 0 Å². The van der Waals surface area contributed by atoms with Crippen LogP contribution in [0.15, 0.2) is 4.79 Å². The van der Waals surface area contributed by atoms with Gasteiger partial charge in [0.15, 0.2) is 5.65 Å². The third kappa shape index (κ3) is 4.03. The molecular weight excluding hydrogens is 306 g/mol. The van der Waals surface area contributed by atoms with E-state index in [4.69, 9.17) is 0 Å². The minimum atomic E-state index is -0.134. The van der Waals surface area contributed by atoms with Crippen LogP contribution in [0.4, 0.5) is 0 Å². The van der Waals surface area contributed by atoms with Crippen molar-refractivity contribution in [3.05, 3.63) is 27.2 Å². The molecule has 0 fully saturated rings. The summed E-state index contributed by atoms with van der Waals surface area (Å²) in [5.41, 5.74) is 3.29. The van der Waals surface area contributed by atoms with Gasteiger partial charge in [-0.25, -0.2) is 4.98 Å². The number of rotatable bonds is 8. The molecule has 0 atom stereocenters. The van der Waals surface area contributed by atoms with Gasteiger partial charge in [-0.15, -0.1) is 0 Å². The van der Waals surface area contributed by atoms with Crippen molar-refractivity contribution in [1.29, 1.82) is 0 Å². The van der Waals surface area contributed by atoms with Crippen molar-refractivity contribution in [2.75, 3.05) is 19.6 Å². The number of aromatic amines is 1. The topological polar surface area (TPSA) is 91.8 Å². The third-order valence-electron chi connectivity index (χ3n) is 4.23. The lowest BCUT2D eigenvalue weighted by molar-refractivity contribution is -0.121. The molecule has 0 aliphatic carbocycles. The summed E-state index contributed by atoms with van der Waals surface area (Å²) < 4.78 is 1.64. The Kier molecular flexibility index (Phi) is 6.14. The molecule has 24 heavy (non-hydrogen) atoms. The molecule has 132 valence electrons. The van der Waals surface area contributed by atoms with Crippen molar-refractivity contribution >= 4 is 16.9 Å². The summed E-state index contributed by atoms with van der Waals surface area (Å²) in [6.45, 7) is 8.33. The lowest BCUT2D eigenvalue weighted by Crippen LogP contribution is -2.32. The molecule has 7 heteroatoms. The molecule has 3 N–H and O–H groups in total. The molecule has 0 saturated heterocycles. The van der Waals surface area contributed by atoms with E-state index in [9.17, 15) is 9.59 Å². The molecule has 0 aliphatic heterocycles. The zero-order valence-corrected chi connectivity index (χ0v) is 15.0. The maximum atomic E-state index is 12.0. The van der Waals surface area contributed by atoms with Crippen molar-refractivity contribution in [3.8, 4) is 0 Å². The van der Waals surface area contributed by atoms with Gasteiger partial charge in [0, 0.05) is 32.3 Å². The Balaban J connectivity index is 2.01. The maximum absolute atomic E-state index is 12.0. The normalized spacial score (nSPS) is 11.2. The smallest absolute Gasteiger partial charge is 0.273 e. The molecule has 0 saturated carbocycles. The Morgan fingerprint density at radius 1 is 1.25 bits per heavy atom. The fourth-order valence-electron chi connectivity index (χ4n) is 2.94. The summed E-state index contributed by atoms with van der Waals surface area (Å²) in [5, 5.41) is 9.50. The highest BCUT2D eigenvalue weighted by atomic mass is 16.1. The summed E-state index contributed by atoms with van der Waals surface area (Å²) in [7, 11) is 1.77. The van der Waals surface area contributed by atoms with Gasteiger partial charge in [-0.2, -0.15) is 0 Å². The number of nitrogens with zero attached hydrogens (tertiary/aromatic N) is 2. The first-order chi connectivity index (χ1) is 11.5. The van der Waals surface area contributed by atoms with Crippen LogP contribution in [0.1, 0.15) is 36.6 Å². The number of pyridine rings is 1. The van der Waals surface area contributed by atoms with Crippen LogP contribution in [0.2, 0.25) is 0 Å². The predicted molar refractivity (Wildman–Crippen MR) is 95.3 cm³/mol. The van der Waals surface area contributed by atoms with Crippen LogP contribution < -0.4 is 16.2 Å². The zero-order valence-electron chi connectivity index (χ0n) is 15.0. The van der Waals surface area contributed by atoms with Gasteiger partial charge in [-0.1, -0.05) is 6.92 Å². The standard InChI is InChI=1S/C17H27N5O2/c1-5-8-18-9-10-19-14(23)7-6-13-11(2)15-16(20-12(13)3)22(4)21-17(15)24/h18H,5-10H2,1-4H3,(H,19,23)(H,21,24). The van der Waals surface area contributed by atoms with E-state index >= 15 is 0 Å². The van der Waals surface area contributed by atoms with E-state index in [1.54, 1.807) is 11.7 Å². The van der Waals surface area contributed by atoms with Gasteiger partial charge in [0.1, 0.15) is 0 Å². The zero-order chi connectivity index (χ0) is 17.7. The second kappa shape index (κ2) is 8.10. The molecule has 0 aromatic carbocycles. The number of carbonyl (C=O) groups excluding carboxylic acids is 1. The number of amides is 1. The quantitative estimate of drug-likeness (QED) is 0.627. The van der Waals surface area contributed by atoms with Gasteiger partial charge >= 0.3 is 0 Å². The number of hydrogen-bond acceptors (Lipinski definition) is 4. The van der Waals surface area contributed by atoms with E-state index in [1.807, 2.05) is 13.8 Å². The van der Waals surface area contributed by atoms with E-state index in [0.29, 0.717) is 30.4 Å². The summed E-state index contributed by atoms with van der Waals surface area (Å²) in [4.78, 5) is 28.5. The Morgan fingerprint density at radius 2 is 2.00 bits per heavy atom. The third-order valence-corrected chi connectivity index (χ3v) is 4.23. The summed E-state index contributed by atoms with van der Waals surface area (Å²) >= 11 is 0. The Bertz CT molecular complexity index is 775. The number of carbonyl (C=O) groups is 1. The van der Waals surface area contributed by atoms with Crippen molar-refractivity contribution in [2.24, 2.45) is 7.05 Å². The van der Waals surface area contributed by atoms with E-state index in [0.717, 1.165) is 36.3 Å². The highest BCUT2D eigenvalue weighted by Gasteiger charge is 2.15. The van der Waals surface area contributed by atoms with Gasteiger partial charge in [0.25, 0.3) is 5.56 Å². The van der Waals surface area contributed by atoms with Crippen LogP contribution in [0.5, 0.6) is 0 Å². The first kappa shape index (κ1) is 18.2. The van der Waals surface area contributed by atoms with Crippen LogP contribution >= 0.6 is 0 Å². The lowest BCUT2D eigenvalue weighted by Gasteiger charge is -2.11. The number of hydrogen-bond donors (Lipinski definition) is 3. The molecule has 2 rings (SSSR count).